The number of piperidine rings is 1. The molecule has 2 aliphatic rings. The molecule has 0 aliphatic carbocycles. The van der Waals surface area contributed by atoms with Crippen LogP contribution < -0.4 is 5.32 Å². The number of rotatable bonds is 2. The molecule has 0 aromatic heterocycles. The lowest BCUT2D eigenvalue weighted by Crippen LogP contribution is -2.49. The largest absolute Gasteiger partial charge is 0.381 e. The van der Waals surface area contributed by atoms with Crippen molar-refractivity contribution in [2.24, 2.45) is 5.92 Å². The van der Waals surface area contributed by atoms with Crippen LogP contribution in [0.4, 0.5) is 0 Å². The van der Waals surface area contributed by atoms with Gasteiger partial charge in [-0.05, 0) is 32.2 Å². The van der Waals surface area contributed by atoms with Crippen LogP contribution in [-0.4, -0.2) is 50.2 Å². The third kappa shape index (κ3) is 3.83. The lowest BCUT2D eigenvalue weighted by Gasteiger charge is -2.34. The van der Waals surface area contributed by atoms with E-state index < -0.39 is 0 Å². The van der Waals surface area contributed by atoms with Crippen LogP contribution in [0.1, 0.15) is 25.7 Å². The zero-order valence-electron chi connectivity index (χ0n) is 10.5. The third-order valence-electron chi connectivity index (χ3n) is 3.68. The molecule has 0 bridgehead atoms. The highest BCUT2D eigenvalue weighted by molar-refractivity contribution is 5.85. The fourth-order valence-electron chi connectivity index (χ4n) is 2.57. The number of halogens is 1. The van der Waals surface area contributed by atoms with Crippen LogP contribution in [0.5, 0.6) is 0 Å². The molecule has 2 rings (SSSR count). The molecule has 17 heavy (non-hydrogen) atoms. The first-order valence-corrected chi connectivity index (χ1v) is 6.34. The summed E-state index contributed by atoms with van der Waals surface area (Å²) >= 11 is 0. The highest BCUT2D eigenvalue weighted by Gasteiger charge is 2.29. The van der Waals surface area contributed by atoms with Crippen LogP contribution in [0.3, 0.4) is 0 Å². The number of hydrogen-bond acceptors (Lipinski definition) is 3. The topological polar surface area (TPSA) is 41.6 Å². The van der Waals surface area contributed by atoms with Gasteiger partial charge < -0.3 is 15.0 Å². The zero-order chi connectivity index (χ0) is 11.4. The molecule has 5 heteroatoms. The molecule has 0 radical (unpaired) electrons. The van der Waals surface area contributed by atoms with Crippen LogP contribution >= 0.6 is 12.4 Å². The van der Waals surface area contributed by atoms with E-state index in [0.717, 1.165) is 39.0 Å². The van der Waals surface area contributed by atoms with E-state index in [4.69, 9.17) is 4.74 Å². The van der Waals surface area contributed by atoms with E-state index in [2.05, 4.69) is 5.32 Å². The second kappa shape index (κ2) is 7.19. The van der Waals surface area contributed by atoms with E-state index in [1.54, 1.807) is 0 Å². The van der Waals surface area contributed by atoms with Crippen LogP contribution in [0.25, 0.3) is 0 Å². The zero-order valence-corrected chi connectivity index (χ0v) is 11.3. The molecule has 2 saturated heterocycles. The Hall–Kier alpha value is -0.320. The maximum atomic E-state index is 12.2. The van der Waals surface area contributed by atoms with Crippen molar-refractivity contribution < 1.29 is 9.53 Å². The van der Waals surface area contributed by atoms with Gasteiger partial charge in [-0.1, -0.05) is 0 Å². The fourth-order valence-corrected chi connectivity index (χ4v) is 2.57. The molecule has 2 heterocycles. The molecule has 2 fully saturated rings. The highest BCUT2D eigenvalue weighted by Crippen LogP contribution is 2.18. The fraction of sp³-hybridized carbons (Fsp3) is 0.917. The van der Waals surface area contributed by atoms with Gasteiger partial charge in [0.25, 0.3) is 0 Å². The minimum atomic E-state index is 0. The van der Waals surface area contributed by atoms with Gasteiger partial charge in [0, 0.05) is 26.2 Å². The van der Waals surface area contributed by atoms with Crippen molar-refractivity contribution in [2.45, 2.75) is 31.7 Å². The molecule has 100 valence electrons. The number of amides is 1. The van der Waals surface area contributed by atoms with Crippen LogP contribution in [-0.2, 0) is 9.53 Å². The Morgan fingerprint density at radius 3 is 2.76 bits per heavy atom. The van der Waals surface area contributed by atoms with Crippen molar-refractivity contribution >= 4 is 18.3 Å². The average Bonchev–Trinajstić information content (AvgIpc) is 2.39. The first-order chi connectivity index (χ1) is 7.79. The first-order valence-electron chi connectivity index (χ1n) is 6.34. The second-order valence-corrected chi connectivity index (χ2v) is 4.86. The first kappa shape index (κ1) is 14.7. The second-order valence-electron chi connectivity index (χ2n) is 4.86. The molecule has 0 aromatic rings. The van der Waals surface area contributed by atoms with Gasteiger partial charge in [0.15, 0.2) is 0 Å². The van der Waals surface area contributed by atoms with Crippen molar-refractivity contribution in [2.75, 3.05) is 33.4 Å². The van der Waals surface area contributed by atoms with Gasteiger partial charge in [-0.2, -0.15) is 0 Å². The predicted octanol–water partition coefficient (Wildman–Crippen LogP) is 1.05. The van der Waals surface area contributed by atoms with Gasteiger partial charge in [-0.25, -0.2) is 0 Å². The molecule has 2 atom stereocenters. The smallest absolute Gasteiger partial charge is 0.228 e. The Balaban J connectivity index is 0.00000144. The summed E-state index contributed by atoms with van der Waals surface area (Å²) in [7, 11) is 1.94. The standard InChI is InChI=1S/C12H22N2O2.ClH/c1-14(11-5-2-6-13-8-11)12(15)10-4-3-7-16-9-10;/h10-11,13H,2-9H2,1H3;1H/t10?,11-;/m0./s1. The maximum Gasteiger partial charge on any atom is 0.228 e. The molecular formula is C12H23ClN2O2. The SMILES string of the molecule is CN(C(=O)C1CCCOC1)[C@H]1CCCNC1.Cl. The maximum absolute atomic E-state index is 12.2. The van der Waals surface area contributed by atoms with Crippen LogP contribution in [0.15, 0.2) is 0 Å². The highest BCUT2D eigenvalue weighted by atomic mass is 35.5. The number of carbonyl (C=O) groups is 1. The van der Waals surface area contributed by atoms with Crippen LogP contribution in [0, 0.1) is 5.92 Å². The number of carbonyl (C=O) groups excluding carboxylic acids is 1. The minimum Gasteiger partial charge on any atom is -0.381 e. The lowest BCUT2D eigenvalue weighted by atomic mass is 9.98. The van der Waals surface area contributed by atoms with Crippen molar-refractivity contribution in [1.29, 1.82) is 0 Å². The van der Waals surface area contributed by atoms with Crippen molar-refractivity contribution in [3.63, 3.8) is 0 Å². The molecular weight excluding hydrogens is 240 g/mol. The Morgan fingerprint density at radius 1 is 1.35 bits per heavy atom. The summed E-state index contributed by atoms with van der Waals surface area (Å²) in [5, 5.41) is 3.35. The van der Waals surface area contributed by atoms with Gasteiger partial charge in [0.05, 0.1) is 12.5 Å². The normalized spacial score (nSPS) is 29.2. The number of hydrogen-bond donors (Lipinski definition) is 1. The summed E-state index contributed by atoms with van der Waals surface area (Å²) in [6, 6.07) is 0.378. The Labute approximate surface area is 109 Å². The van der Waals surface area contributed by atoms with Gasteiger partial charge in [0.1, 0.15) is 0 Å². The van der Waals surface area contributed by atoms with Gasteiger partial charge >= 0.3 is 0 Å². The number of ether oxygens (including phenoxy) is 1. The summed E-state index contributed by atoms with van der Waals surface area (Å²) in [5.41, 5.74) is 0. The molecule has 2 aliphatic heterocycles. The summed E-state index contributed by atoms with van der Waals surface area (Å²) < 4.78 is 5.38. The molecule has 4 nitrogen and oxygen atoms in total. The van der Waals surface area contributed by atoms with Crippen molar-refractivity contribution in [3.05, 3.63) is 0 Å². The lowest BCUT2D eigenvalue weighted by molar-refractivity contribution is -0.140. The van der Waals surface area contributed by atoms with E-state index in [0.29, 0.717) is 12.6 Å². The number of nitrogens with zero attached hydrogens (tertiary/aromatic N) is 1. The van der Waals surface area contributed by atoms with E-state index in [-0.39, 0.29) is 24.2 Å². The van der Waals surface area contributed by atoms with E-state index in [9.17, 15) is 4.79 Å². The Kier molecular flexibility index (Phi) is 6.23. The van der Waals surface area contributed by atoms with Gasteiger partial charge in [-0.15, -0.1) is 12.4 Å². The third-order valence-corrected chi connectivity index (χ3v) is 3.68. The molecule has 0 aromatic carbocycles. The predicted molar refractivity (Wildman–Crippen MR) is 69.5 cm³/mol. The minimum absolute atomic E-state index is 0. The van der Waals surface area contributed by atoms with E-state index >= 15 is 0 Å². The summed E-state index contributed by atoms with van der Waals surface area (Å²) in [5.74, 6) is 0.370. The van der Waals surface area contributed by atoms with Gasteiger partial charge in [0.2, 0.25) is 5.91 Å². The number of nitrogens with one attached hydrogen (secondary N) is 1. The van der Waals surface area contributed by atoms with E-state index in [1.165, 1.54) is 6.42 Å². The summed E-state index contributed by atoms with van der Waals surface area (Å²) in [6.45, 7) is 3.46. The summed E-state index contributed by atoms with van der Waals surface area (Å²) in [6.07, 6.45) is 4.31. The van der Waals surface area contributed by atoms with Crippen molar-refractivity contribution in [1.82, 2.24) is 10.2 Å². The van der Waals surface area contributed by atoms with Crippen molar-refractivity contribution in [3.8, 4) is 0 Å². The van der Waals surface area contributed by atoms with Crippen LogP contribution in [0.2, 0.25) is 0 Å². The summed E-state index contributed by atoms with van der Waals surface area (Å²) in [4.78, 5) is 14.2. The molecule has 0 spiro atoms. The molecule has 1 amide bonds. The van der Waals surface area contributed by atoms with E-state index in [1.807, 2.05) is 11.9 Å². The van der Waals surface area contributed by atoms with Gasteiger partial charge in [-0.3, -0.25) is 4.79 Å². The molecule has 0 saturated carbocycles. The number of likely N-dealkylation sites (N-methyl/N-ethyl adjacent to an activating group) is 1. The molecule has 1 unspecified atom stereocenters. The molecule has 1 N–H and O–H groups in total. The average molecular weight is 263 g/mol. The monoisotopic (exact) mass is 262 g/mol. The quantitative estimate of drug-likeness (QED) is 0.809. The Morgan fingerprint density at radius 2 is 2.18 bits per heavy atom. The Bertz CT molecular complexity index is 239.